The lowest BCUT2D eigenvalue weighted by atomic mass is 10.1. The second kappa shape index (κ2) is 5.96. The highest BCUT2D eigenvalue weighted by molar-refractivity contribution is 7.98. The molecule has 5 heteroatoms. The molecule has 2 atom stereocenters. The maximum atomic E-state index is 12.9. The number of hydrogen-bond acceptors (Lipinski definition) is 3. The number of fused-ring (bicyclic) bond motifs is 2. The number of halogens is 1. The van der Waals surface area contributed by atoms with E-state index < -0.39 is 0 Å². The van der Waals surface area contributed by atoms with Crippen molar-refractivity contribution in [2.75, 3.05) is 19.3 Å². The summed E-state index contributed by atoms with van der Waals surface area (Å²) >= 11 is 7.89. The number of hydrogen-bond donors (Lipinski definition) is 1. The quantitative estimate of drug-likeness (QED) is 0.852. The minimum Gasteiger partial charge on any atom is -0.331 e. The normalized spacial score (nSPS) is 25.6. The molecule has 0 spiro atoms. The van der Waals surface area contributed by atoms with Crippen molar-refractivity contribution in [2.45, 2.75) is 36.2 Å². The lowest BCUT2D eigenvalue weighted by Gasteiger charge is -2.28. The van der Waals surface area contributed by atoms with Crippen LogP contribution in [-0.4, -0.2) is 42.2 Å². The van der Waals surface area contributed by atoms with Crippen LogP contribution in [0.25, 0.3) is 0 Å². The van der Waals surface area contributed by atoms with Crippen LogP contribution >= 0.6 is 23.4 Å². The Morgan fingerprint density at radius 1 is 1.35 bits per heavy atom. The molecule has 0 aliphatic carbocycles. The molecule has 0 radical (unpaired) electrons. The summed E-state index contributed by atoms with van der Waals surface area (Å²) < 4.78 is 0. The van der Waals surface area contributed by atoms with Crippen molar-refractivity contribution in [1.29, 1.82) is 0 Å². The van der Waals surface area contributed by atoms with E-state index in [-0.39, 0.29) is 5.91 Å². The molecule has 0 saturated carbocycles. The molecular formula is C15H19ClN2OS. The molecule has 2 aliphatic rings. The Hall–Kier alpha value is -0.710. The van der Waals surface area contributed by atoms with Gasteiger partial charge in [0.05, 0.1) is 10.6 Å². The first kappa shape index (κ1) is 14.2. The predicted octanol–water partition coefficient (Wildman–Crippen LogP) is 3.03. The van der Waals surface area contributed by atoms with Crippen LogP contribution in [0, 0.1) is 0 Å². The monoisotopic (exact) mass is 310 g/mol. The van der Waals surface area contributed by atoms with Crippen LogP contribution < -0.4 is 5.32 Å². The van der Waals surface area contributed by atoms with Crippen molar-refractivity contribution in [3.8, 4) is 0 Å². The number of rotatable bonds is 2. The van der Waals surface area contributed by atoms with E-state index in [9.17, 15) is 4.79 Å². The average Bonchev–Trinajstić information content (AvgIpc) is 2.72. The van der Waals surface area contributed by atoms with Crippen molar-refractivity contribution in [1.82, 2.24) is 10.2 Å². The van der Waals surface area contributed by atoms with Gasteiger partial charge in [0.2, 0.25) is 0 Å². The van der Waals surface area contributed by atoms with Crippen molar-refractivity contribution in [3.05, 3.63) is 28.8 Å². The highest BCUT2D eigenvalue weighted by Crippen LogP contribution is 2.32. The molecule has 2 unspecified atom stereocenters. The summed E-state index contributed by atoms with van der Waals surface area (Å²) in [6.45, 7) is 1.91. The summed E-state index contributed by atoms with van der Waals surface area (Å²) in [6.07, 6.45) is 5.28. The third-order valence-electron chi connectivity index (χ3n) is 4.29. The van der Waals surface area contributed by atoms with E-state index in [4.69, 9.17) is 11.6 Å². The van der Waals surface area contributed by atoms with E-state index in [1.54, 1.807) is 11.8 Å². The molecule has 1 amide bonds. The van der Waals surface area contributed by atoms with Gasteiger partial charge < -0.3 is 10.2 Å². The zero-order valence-corrected chi connectivity index (χ0v) is 13.1. The third kappa shape index (κ3) is 2.57. The van der Waals surface area contributed by atoms with E-state index in [1.165, 1.54) is 0 Å². The van der Waals surface area contributed by atoms with Crippen LogP contribution in [0.1, 0.15) is 29.6 Å². The second-order valence-electron chi connectivity index (χ2n) is 5.44. The molecule has 1 aromatic rings. The Morgan fingerprint density at radius 3 is 2.95 bits per heavy atom. The van der Waals surface area contributed by atoms with Gasteiger partial charge in [-0.3, -0.25) is 4.79 Å². The summed E-state index contributed by atoms with van der Waals surface area (Å²) in [5.74, 6) is 0.0992. The van der Waals surface area contributed by atoms with Crippen LogP contribution in [0.5, 0.6) is 0 Å². The maximum Gasteiger partial charge on any atom is 0.255 e. The molecule has 0 aromatic heterocycles. The number of benzene rings is 1. The molecule has 2 aliphatic heterocycles. The van der Waals surface area contributed by atoms with Gasteiger partial charge in [0.1, 0.15) is 0 Å². The molecule has 1 aromatic carbocycles. The summed E-state index contributed by atoms with van der Waals surface area (Å²) in [7, 11) is 0. The summed E-state index contributed by atoms with van der Waals surface area (Å²) in [5.41, 5.74) is 0.650. The fourth-order valence-electron chi connectivity index (χ4n) is 3.25. The molecule has 108 valence electrons. The number of nitrogens with zero attached hydrogens (tertiary/aromatic N) is 1. The van der Waals surface area contributed by atoms with Gasteiger partial charge in [0.25, 0.3) is 5.91 Å². The lowest BCUT2D eigenvalue weighted by Crippen LogP contribution is -2.42. The van der Waals surface area contributed by atoms with Gasteiger partial charge in [-0.25, -0.2) is 0 Å². The Balaban J connectivity index is 1.92. The van der Waals surface area contributed by atoms with Crippen molar-refractivity contribution < 1.29 is 4.79 Å². The Kier molecular flexibility index (Phi) is 4.24. The number of thioether (sulfide) groups is 1. The van der Waals surface area contributed by atoms with E-state index >= 15 is 0 Å². The highest BCUT2D eigenvalue weighted by Gasteiger charge is 2.38. The minimum atomic E-state index is 0.0992. The number of carbonyl (C=O) groups excluding carboxylic acids is 1. The van der Waals surface area contributed by atoms with Crippen LogP contribution in [0.3, 0.4) is 0 Å². The van der Waals surface area contributed by atoms with Gasteiger partial charge in [0, 0.05) is 23.5 Å². The third-order valence-corrected chi connectivity index (χ3v) is 5.35. The SMILES string of the molecule is CSc1ccc(Cl)c(C(=O)N2C3CCNCC2CC3)c1. The zero-order chi connectivity index (χ0) is 14.1. The average molecular weight is 311 g/mol. The van der Waals surface area contributed by atoms with Gasteiger partial charge in [-0.2, -0.15) is 0 Å². The molecule has 3 rings (SSSR count). The fourth-order valence-corrected chi connectivity index (χ4v) is 3.89. The summed E-state index contributed by atoms with van der Waals surface area (Å²) in [5, 5.41) is 3.98. The second-order valence-corrected chi connectivity index (χ2v) is 6.72. The van der Waals surface area contributed by atoms with E-state index in [1.807, 2.05) is 24.5 Å². The largest absolute Gasteiger partial charge is 0.331 e. The summed E-state index contributed by atoms with van der Waals surface area (Å²) in [4.78, 5) is 16.1. The lowest BCUT2D eigenvalue weighted by molar-refractivity contribution is 0.0680. The molecular weight excluding hydrogens is 292 g/mol. The van der Waals surface area contributed by atoms with Crippen molar-refractivity contribution in [2.24, 2.45) is 0 Å². The predicted molar refractivity (Wildman–Crippen MR) is 83.7 cm³/mol. The Morgan fingerprint density at radius 2 is 2.15 bits per heavy atom. The van der Waals surface area contributed by atoms with Gasteiger partial charge in [-0.05, 0) is 50.3 Å². The molecule has 3 nitrogen and oxygen atoms in total. The van der Waals surface area contributed by atoms with E-state index in [2.05, 4.69) is 10.2 Å². The van der Waals surface area contributed by atoms with E-state index in [0.717, 1.165) is 37.2 Å². The molecule has 2 fully saturated rings. The van der Waals surface area contributed by atoms with Gasteiger partial charge in [0.15, 0.2) is 0 Å². The van der Waals surface area contributed by atoms with Crippen LogP contribution in [0.15, 0.2) is 23.1 Å². The molecule has 2 bridgehead atoms. The van der Waals surface area contributed by atoms with Crippen LogP contribution in [-0.2, 0) is 0 Å². The smallest absolute Gasteiger partial charge is 0.255 e. The van der Waals surface area contributed by atoms with Crippen LogP contribution in [0.2, 0.25) is 5.02 Å². The Labute approximate surface area is 129 Å². The zero-order valence-electron chi connectivity index (χ0n) is 11.6. The molecule has 1 N–H and O–H groups in total. The van der Waals surface area contributed by atoms with Crippen molar-refractivity contribution >= 4 is 29.3 Å². The summed E-state index contributed by atoms with van der Waals surface area (Å²) in [6, 6.07) is 6.41. The number of nitrogens with one attached hydrogen (secondary N) is 1. The first-order valence-electron chi connectivity index (χ1n) is 7.07. The number of carbonyl (C=O) groups is 1. The standard InChI is InChI=1S/C15H19ClN2OS/c1-20-12-4-5-14(16)13(8-12)15(19)18-10-2-3-11(18)9-17-7-6-10/h4-5,8,10-11,17H,2-3,6-7,9H2,1H3. The van der Waals surface area contributed by atoms with Gasteiger partial charge >= 0.3 is 0 Å². The number of amides is 1. The first-order valence-corrected chi connectivity index (χ1v) is 8.68. The highest BCUT2D eigenvalue weighted by atomic mass is 35.5. The Bertz CT molecular complexity index is 509. The van der Waals surface area contributed by atoms with E-state index in [0.29, 0.717) is 22.7 Å². The van der Waals surface area contributed by atoms with Crippen molar-refractivity contribution in [3.63, 3.8) is 0 Å². The first-order chi connectivity index (χ1) is 9.70. The topological polar surface area (TPSA) is 32.3 Å². The molecule has 2 saturated heterocycles. The minimum absolute atomic E-state index is 0.0992. The molecule has 2 heterocycles. The van der Waals surface area contributed by atoms with Gasteiger partial charge in [-0.15, -0.1) is 11.8 Å². The van der Waals surface area contributed by atoms with Crippen LogP contribution in [0.4, 0.5) is 0 Å². The fraction of sp³-hybridized carbons (Fsp3) is 0.533. The maximum absolute atomic E-state index is 12.9. The molecule has 20 heavy (non-hydrogen) atoms. The van der Waals surface area contributed by atoms with Gasteiger partial charge in [-0.1, -0.05) is 11.6 Å².